The Bertz CT molecular complexity index is 871. The molecular formula is C54H106N2O4. The Morgan fingerprint density at radius 1 is 0.400 bits per heavy atom. The van der Waals surface area contributed by atoms with Gasteiger partial charge < -0.3 is 19.3 Å². The van der Waals surface area contributed by atoms with Crippen LogP contribution in [0.3, 0.4) is 0 Å². The zero-order valence-electron chi connectivity index (χ0n) is 41.5. The Morgan fingerprint density at radius 3 is 1.00 bits per heavy atom. The maximum absolute atomic E-state index is 13.0. The largest absolute Gasteiger partial charge is 0.465 e. The van der Waals surface area contributed by atoms with Crippen LogP contribution in [0.5, 0.6) is 0 Å². The van der Waals surface area contributed by atoms with Gasteiger partial charge in [0.25, 0.3) is 0 Å². The first-order valence-electron chi connectivity index (χ1n) is 27.1. The van der Waals surface area contributed by atoms with Crippen LogP contribution in [0.4, 0.5) is 0 Å². The summed E-state index contributed by atoms with van der Waals surface area (Å²) in [5.74, 6) is 0.392. The second-order valence-electron chi connectivity index (χ2n) is 19.5. The smallest absolute Gasteiger partial charge is 0.308 e. The number of carbonyl (C=O) groups is 2. The van der Waals surface area contributed by atoms with E-state index in [1.807, 2.05) is 0 Å². The van der Waals surface area contributed by atoms with Crippen LogP contribution in [0.25, 0.3) is 0 Å². The molecule has 6 nitrogen and oxygen atoms in total. The first-order valence-corrected chi connectivity index (χ1v) is 27.1. The highest BCUT2D eigenvalue weighted by Gasteiger charge is 2.30. The number of carbonyl (C=O) groups excluding carboxylic acids is 2. The lowest BCUT2D eigenvalue weighted by atomic mass is 9.88. The first-order chi connectivity index (χ1) is 29.4. The van der Waals surface area contributed by atoms with Crippen molar-refractivity contribution in [1.82, 2.24) is 9.80 Å². The molecule has 2 unspecified atom stereocenters. The molecule has 6 heteroatoms. The molecule has 0 bridgehead atoms. The molecule has 1 rings (SSSR count). The molecule has 1 saturated carbocycles. The summed E-state index contributed by atoms with van der Waals surface area (Å²) in [6, 6.07) is 1.33. The second kappa shape index (κ2) is 41.8. The van der Waals surface area contributed by atoms with Gasteiger partial charge >= 0.3 is 11.9 Å². The molecule has 0 heterocycles. The molecule has 1 fully saturated rings. The van der Waals surface area contributed by atoms with E-state index >= 15 is 0 Å². The number of rotatable bonds is 44. The average Bonchev–Trinajstić information content (AvgIpc) is 3.26. The van der Waals surface area contributed by atoms with E-state index in [9.17, 15) is 9.59 Å². The van der Waals surface area contributed by atoms with Gasteiger partial charge in [-0.2, -0.15) is 0 Å². The predicted molar refractivity (Wildman–Crippen MR) is 260 cm³/mol. The summed E-state index contributed by atoms with van der Waals surface area (Å²) in [6.45, 7) is 12.6. The van der Waals surface area contributed by atoms with Crippen molar-refractivity contribution in [3.8, 4) is 0 Å². The summed E-state index contributed by atoms with van der Waals surface area (Å²) < 4.78 is 11.7. The fourth-order valence-corrected chi connectivity index (χ4v) is 9.76. The van der Waals surface area contributed by atoms with Crippen LogP contribution in [-0.4, -0.2) is 74.2 Å². The standard InChI is InChI=1S/C54H106N2O4/c1-7-11-15-19-23-31-41-49(39-29-17-13-9-3)53(57)59-47-37-27-21-25-35-45-55(5)51-43-33-34-44-52(51)56(6)46-36-26-22-28-38-48-60-54(58)50(40-30-18-14-10-4)42-32-24-20-16-12-8-2/h49-52H,7-48H2,1-6H3/t49?,50?,51-,52+. The Kier molecular flexibility index (Phi) is 39.7. The number of esters is 2. The van der Waals surface area contributed by atoms with Crippen LogP contribution in [0.15, 0.2) is 0 Å². The molecule has 1 aliphatic rings. The molecule has 4 atom stereocenters. The van der Waals surface area contributed by atoms with Crippen molar-refractivity contribution >= 4 is 11.9 Å². The van der Waals surface area contributed by atoms with Crippen molar-refractivity contribution in [3.05, 3.63) is 0 Å². The van der Waals surface area contributed by atoms with E-state index in [0.717, 1.165) is 64.2 Å². The molecule has 0 aromatic rings. The van der Waals surface area contributed by atoms with Gasteiger partial charge in [-0.25, -0.2) is 0 Å². The highest BCUT2D eigenvalue weighted by Crippen LogP contribution is 2.27. The van der Waals surface area contributed by atoms with Gasteiger partial charge in [0.05, 0.1) is 25.0 Å². The van der Waals surface area contributed by atoms with Crippen molar-refractivity contribution in [3.63, 3.8) is 0 Å². The fraction of sp³-hybridized carbons (Fsp3) is 0.963. The van der Waals surface area contributed by atoms with Crippen LogP contribution in [0.1, 0.15) is 272 Å². The quantitative estimate of drug-likeness (QED) is 0.0450. The van der Waals surface area contributed by atoms with Gasteiger partial charge in [-0.1, -0.05) is 207 Å². The Balaban J connectivity index is 2.26. The molecule has 0 N–H and O–H groups in total. The molecule has 0 spiro atoms. The summed E-state index contributed by atoms with van der Waals surface area (Å²) in [6.07, 6.45) is 46.5. The van der Waals surface area contributed by atoms with Crippen LogP contribution >= 0.6 is 0 Å². The molecule has 0 aliphatic heterocycles. The third kappa shape index (κ3) is 30.8. The monoisotopic (exact) mass is 847 g/mol. The lowest BCUT2D eigenvalue weighted by Gasteiger charge is -2.42. The first kappa shape index (κ1) is 56.9. The van der Waals surface area contributed by atoms with E-state index in [0.29, 0.717) is 25.3 Å². The maximum Gasteiger partial charge on any atom is 0.308 e. The van der Waals surface area contributed by atoms with E-state index in [4.69, 9.17) is 9.47 Å². The lowest BCUT2D eigenvalue weighted by molar-refractivity contribution is -0.150. The molecule has 1 aliphatic carbocycles. The third-order valence-corrected chi connectivity index (χ3v) is 13.9. The highest BCUT2D eigenvalue weighted by molar-refractivity contribution is 5.72. The zero-order valence-corrected chi connectivity index (χ0v) is 41.5. The summed E-state index contributed by atoms with van der Waals surface area (Å²) in [5, 5.41) is 0. The van der Waals surface area contributed by atoms with Crippen LogP contribution in [0.2, 0.25) is 0 Å². The molecule has 0 radical (unpaired) electrons. The van der Waals surface area contributed by atoms with Gasteiger partial charge in [0, 0.05) is 12.1 Å². The van der Waals surface area contributed by atoms with E-state index in [1.54, 1.807) is 0 Å². The van der Waals surface area contributed by atoms with Crippen LogP contribution in [0, 0.1) is 11.8 Å². The second-order valence-corrected chi connectivity index (χ2v) is 19.5. The van der Waals surface area contributed by atoms with Crippen molar-refractivity contribution in [2.45, 2.75) is 284 Å². The average molecular weight is 847 g/mol. The van der Waals surface area contributed by atoms with Gasteiger partial charge in [0.1, 0.15) is 0 Å². The number of ether oxygens (including phenoxy) is 2. The topological polar surface area (TPSA) is 59.1 Å². The molecule has 0 saturated heterocycles. The SMILES string of the molecule is CCCCCCCCC(CCCCCC)C(=O)OCCCCCCCN(C)[C@@H]1CCCC[C@@H]1N(C)CCCCCCCOC(=O)C(CCCCCC)CCCCCCCC. The Morgan fingerprint density at radius 2 is 0.667 bits per heavy atom. The van der Waals surface area contributed by atoms with Crippen molar-refractivity contribution in [2.24, 2.45) is 11.8 Å². The van der Waals surface area contributed by atoms with E-state index < -0.39 is 0 Å². The van der Waals surface area contributed by atoms with Gasteiger partial charge in [-0.3, -0.25) is 9.59 Å². The molecule has 0 aromatic carbocycles. The minimum atomic E-state index is 0.0820. The van der Waals surface area contributed by atoms with Gasteiger partial charge in [-0.05, 0) is 91.4 Å². The van der Waals surface area contributed by atoms with E-state index in [1.165, 1.54) is 193 Å². The number of nitrogens with zero attached hydrogens (tertiary/aromatic N) is 2. The van der Waals surface area contributed by atoms with Crippen LogP contribution < -0.4 is 0 Å². The summed E-state index contributed by atoms with van der Waals surface area (Å²) >= 11 is 0. The lowest BCUT2D eigenvalue weighted by Crippen LogP contribution is -2.51. The number of hydrogen-bond donors (Lipinski definition) is 0. The zero-order chi connectivity index (χ0) is 43.7. The highest BCUT2D eigenvalue weighted by atomic mass is 16.5. The number of unbranched alkanes of at least 4 members (excludes halogenated alkanes) is 24. The summed E-state index contributed by atoms with van der Waals surface area (Å²) in [4.78, 5) is 31.4. The molecule has 60 heavy (non-hydrogen) atoms. The van der Waals surface area contributed by atoms with Crippen molar-refractivity contribution in [2.75, 3.05) is 40.4 Å². The van der Waals surface area contributed by atoms with E-state index in [2.05, 4.69) is 51.6 Å². The molecule has 356 valence electrons. The Hall–Kier alpha value is -1.14. The Labute approximate surface area is 375 Å². The third-order valence-electron chi connectivity index (χ3n) is 13.9. The summed E-state index contributed by atoms with van der Waals surface area (Å²) in [7, 11) is 4.74. The van der Waals surface area contributed by atoms with Gasteiger partial charge in [0.15, 0.2) is 0 Å². The van der Waals surface area contributed by atoms with Crippen LogP contribution in [-0.2, 0) is 19.1 Å². The molecule has 0 amide bonds. The predicted octanol–water partition coefficient (Wildman–Crippen LogP) is 15.8. The number of hydrogen-bond acceptors (Lipinski definition) is 6. The minimum Gasteiger partial charge on any atom is -0.465 e. The van der Waals surface area contributed by atoms with Gasteiger partial charge in [0.2, 0.25) is 0 Å². The minimum absolute atomic E-state index is 0.0820. The maximum atomic E-state index is 13.0. The van der Waals surface area contributed by atoms with Crippen molar-refractivity contribution in [1.29, 1.82) is 0 Å². The normalized spacial score (nSPS) is 16.7. The molecule has 0 aromatic heterocycles. The van der Waals surface area contributed by atoms with E-state index in [-0.39, 0.29) is 23.8 Å². The van der Waals surface area contributed by atoms with Crippen molar-refractivity contribution < 1.29 is 19.1 Å². The molecular weight excluding hydrogens is 741 g/mol. The fourth-order valence-electron chi connectivity index (χ4n) is 9.76. The van der Waals surface area contributed by atoms with Gasteiger partial charge in [-0.15, -0.1) is 0 Å². The number of likely N-dealkylation sites (N-methyl/N-ethyl adjacent to an activating group) is 2. The summed E-state index contributed by atoms with van der Waals surface area (Å²) in [5.41, 5.74) is 0.